The molecule has 27 heavy (non-hydrogen) atoms. The van der Waals surface area contributed by atoms with Crippen molar-refractivity contribution in [3.05, 3.63) is 53.3 Å². The molecule has 1 unspecified atom stereocenters. The molecule has 1 atom stereocenters. The number of aryl methyl sites for hydroxylation is 1. The molecule has 0 bridgehead atoms. The fourth-order valence-electron chi connectivity index (χ4n) is 3.29. The Labute approximate surface area is 161 Å². The molecule has 1 aliphatic heterocycles. The Kier molecular flexibility index (Phi) is 6.47. The molecular weight excluding hydrogens is 340 g/mol. The molecule has 1 aliphatic rings. The maximum Gasteiger partial charge on any atom is 0.194 e. The van der Waals surface area contributed by atoms with Crippen LogP contribution in [0.15, 0.2) is 41.7 Å². The smallest absolute Gasteiger partial charge is 0.194 e. The van der Waals surface area contributed by atoms with Gasteiger partial charge in [0.2, 0.25) is 0 Å². The third-order valence-electron chi connectivity index (χ3n) is 4.65. The van der Waals surface area contributed by atoms with Crippen LogP contribution >= 0.6 is 0 Å². The fraction of sp³-hybridized carbons (Fsp3) is 0.500. The number of aliphatic imine (C=N–C) groups is 1. The van der Waals surface area contributed by atoms with Crippen LogP contribution in [0.3, 0.4) is 0 Å². The molecule has 1 saturated heterocycles. The summed E-state index contributed by atoms with van der Waals surface area (Å²) in [5.74, 6) is 0.907. The summed E-state index contributed by atoms with van der Waals surface area (Å²) in [6.07, 6.45) is 3.91. The van der Waals surface area contributed by atoms with E-state index in [1.165, 1.54) is 11.1 Å². The average molecular weight is 371 g/mol. The molecule has 146 valence electrons. The Morgan fingerprint density at radius 2 is 2.04 bits per heavy atom. The summed E-state index contributed by atoms with van der Waals surface area (Å²) in [6, 6.07) is 8.73. The number of benzene rings is 1. The summed E-state index contributed by atoms with van der Waals surface area (Å²) in [5.41, 5.74) is 3.67. The summed E-state index contributed by atoms with van der Waals surface area (Å²) in [4.78, 5) is 8.89. The summed E-state index contributed by atoms with van der Waals surface area (Å²) in [6.45, 7) is 3.99. The van der Waals surface area contributed by atoms with Crippen LogP contribution in [-0.4, -0.2) is 66.4 Å². The van der Waals surface area contributed by atoms with E-state index in [1.54, 1.807) is 0 Å². The Morgan fingerprint density at radius 1 is 1.30 bits per heavy atom. The van der Waals surface area contributed by atoms with Crippen LogP contribution < -0.4 is 5.32 Å². The molecule has 2 aromatic rings. The van der Waals surface area contributed by atoms with Crippen molar-refractivity contribution in [2.75, 3.05) is 40.8 Å². The summed E-state index contributed by atoms with van der Waals surface area (Å²) >= 11 is 0. The number of ether oxygens (including phenoxy) is 1. The van der Waals surface area contributed by atoms with Crippen LogP contribution in [0.25, 0.3) is 0 Å². The van der Waals surface area contributed by atoms with Gasteiger partial charge in [0, 0.05) is 45.5 Å². The van der Waals surface area contributed by atoms with Gasteiger partial charge in [0.05, 0.1) is 19.3 Å². The number of nitrogens with zero attached hydrogens (tertiary/aromatic N) is 5. The van der Waals surface area contributed by atoms with E-state index in [9.17, 15) is 0 Å². The standard InChI is InChI=1S/C20H30N6O/c1-21-20(22-11-16-5-7-17(8-6-16)13-24(2)3)26-9-10-27-19(15-26)18-12-23-25(4)14-18/h5-8,12,14,19H,9-11,13,15H2,1-4H3,(H,21,22). The molecule has 1 aromatic heterocycles. The van der Waals surface area contributed by atoms with Crippen molar-refractivity contribution >= 4 is 5.96 Å². The highest BCUT2D eigenvalue weighted by Gasteiger charge is 2.25. The van der Waals surface area contributed by atoms with Crippen LogP contribution in [0.2, 0.25) is 0 Å². The zero-order chi connectivity index (χ0) is 19.2. The Balaban J connectivity index is 1.57. The molecule has 1 aromatic carbocycles. The van der Waals surface area contributed by atoms with Crippen LogP contribution in [-0.2, 0) is 24.9 Å². The first-order chi connectivity index (χ1) is 13.0. The van der Waals surface area contributed by atoms with Gasteiger partial charge >= 0.3 is 0 Å². The molecule has 1 N–H and O–H groups in total. The zero-order valence-electron chi connectivity index (χ0n) is 16.7. The van der Waals surface area contributed by atoms with Gasteiger partial charge in [-0.1, -0.05) is 24.3 Å². The quantitative estimate of drug-likeness (QED) is 0.640. The van der Waals surface area contributed by atoms with E-state index in [2.05, 4.69) is 63.6 Å². The lowest BCUT2D eigenvalue weighted by molar-refractivity contribution is -0.00805. The van der Waals surface area contributed by atoms with E-state index in [0.717, 1.165) is 37.7 Å². The van der Waals surface area contributed by atoms with Gasteiger partial charge in [-0.3, -0.25) is 9.67 Å². The SMILES string of the molecule is CN=C(NCc1ccc(CN(C)C)cc1)N1CCOC(c2cnn(C)c2)C1. The molecule has 0 aliphatic carbocycles. The van der Waals surface area contributed by atoms with Crippen molar-refractivity contribution in [1.82, 2.24) is 24.9 Å². The molecule has 1 fully saturated rings. The highest BCUT2D eigenvalue weighted by atomic mass is 16.5. The number of aromatic nitrogens is 2. The van der Waals surface area contributed by atoms with E-state index in [1.807, 2.05) is 31.2 Å². The van der Waals surface area contributed by atoms with E-state index in [-0.39, 0.29) is 6.10 Å². The van der Waals surface area contributed by atoms with Crippen LogP contribution in [0.5, 0.6) is 0 Å². The molecule has 2 heterocycles. The second kappa shape index (κ2) is 9.01. The minimum Gasteiger partial charge on any atom is -0.370 e. The third-order valence-corrected chi connectivity index (χ3v) is 4.65. The lowest BCUT2D eigenvalue weighted by Gasteiger charge is -2.34. The minimum absolute atomic E-state index is 0.0244. The van der Waals surface area contributed by atoms with Gasteiger partial charge in [-0.15, -0.1) is 0 Å². The Hall–Kier alpha value is -2.38. The third kappa shape index (κ3) is 5.30. The van der Waals surface area contributed by atoms with Crippen molar-refractivity contribution in [2.45, 2.75) is 19.2 Å². The number of hydrogen-bond acceptors (Lipinski definition) is 4. The lowest BCUT2D eigenvalue weighted by Crippen LogP contribution is -2.47. The predicted molar refractivity (Wildman–Crippen MR) is 108 cm³/mol. The van der Waals surface area contributed by atoms with Crippen LogP contribution in [0.4, 0.5) is 0 Å². The van der Waals surface area contributed by atoms with Crippen LogP contribution in [0, 0.1) is 0 Å². The molecule has 3 rings (SSSR count). The maximum absolute atomic E-state index is 5.93. The van der Waals surface area contributed by atoms with Crippen molar-refractivity contribution in [2.24, 2.45) is 12.0 Å². The van der Waals surface area contributed by atoms with E-state index < -0.39 is 0 Å². The molecular formula is C20H30N6O. The summed E-state index contributed by atoms with van der Waals surface area (Å²) in [5, 5.41) is 7.73. The Bertz CT molecular complexity index is 752. The first kappa shape index (κ1) is 19.4. The van der Waals surface area contributed by atoms with Crippen molar-refractivity contribution < 1.29 is 4.74 Å². The second-order valence-electron chi connectivity index (χ2n) is 7.21. The first-order valence-electron chi connectivity index (χ1n) is 9.33. The van der Waals surface area contributed by atoms with Gasteiger partial charge in [-0.2, -0.15) is 5.10 Å². The average Bonchev–Trinajstić information content (AvgIpc) is 3.10. The molecule has 7 heteroatoms. The van der Waals surface area contributed by atoms with Gasteiger partial charge in [0.25, 0.3) is 0 Å². The normalized spacial score (nSPS) is 18.2. The van der Waals surface area contributed by atoms with E-state index in [4.69, 9.17) is 4.74 Å². The highest BCUT2D eigenvalue weighted by Crippen LogP contribution is 2.21. The number of morpholine rings is 1. The maximum atomic E-state index is 5.93. The fourth-order valence-corrected chi connectivity index (χ4v) is 3.29. The van der Waals surface area contributed by atoms with Gasteiger partial charge in [0.15, 0.2) is 5.96 Å². The van der Waals surface area contributed by atoms with E-state index in [0.29, 0.717) is 6.61 Å². The van der Waals surface area contributed by atoms with E-state index >= 15 is 0 Å². The molecule has 7 nitrogen and oxygen atoms in total. The molecule has 0 radical (unpaired) electrons. The largest absolute Gasteiger partial charge is 0.370 e. The summed E-state index contributed by atoms with van der Waals surface area (Å²) in [7, 11) is 7.92. The predicted octanol–water partition coefficient (Wildman–Crippen LogP) is 1.63. The van der Waals surface area contributed by atoms with Gasteiger partial charge in [-0.05, 0) is 25.2 Å². The van der Waals surface area contributed by atoms with Gasteiger partial charge < -0.3 is 19.9 Å². The minimum atomic E-state index is 0.0244. The summed E-state index contributed by atoms with van der Waals surface area (Å²) < 4.78 is 7.74. The Morgan fingerprint density at radius 3 is 2.67 bits per heavy atom. The first-order valence-corrected chi connectivity index (χ1v) is 9.33. The van der Waals surface area contributed by atoms with Gasteiger partial charge in [0.1, 0.15) is 6.10 Å². The van der Waals surface area contributed by atoms with Crippen molar-refractivity contribution in [3.63, 3.8) is 0 Å². The van der Waals surface area contributed by atoms with Crippen LogP contribution in [0.1, 0.15) is 22.8 Å². The zero-order valence-corrected chi connectivity index (χ0v) is 16.7. The number of nitrogens with one attached hydrogen (secondary N) is 1. The monoisotopic (exact) mass is 370 g/mol. The second-order valence-corrected chi connectivity index (χ2v) is 7.21. The molecule has 0 amide bonds. The highest BCUT2D eigenvalue weighted by molar-refractivity contribution is 5.80. The van der Waals surface area contributed by atoms with Crippen molar-refractivity contribution in [3.8, 4) is 0 Å². The molecule has 0 saturated carbocycles. The molecule has 0 spiro atoms. The van der Waals surface area contributed by atoms with Crippen molar-refractivity contribution in [1.29, 1.82) is 0 Å². The lowest BCUT2D eigenvalue weighted by atomic mass is 10.1. The topological polar surface area (TPSA) is 57.9 Å². The number of hydrogen-bond donors (Lipinski definition) is 1. The number of rotatable bonds is 5. The number of guanidine groups is 1. The van der Waals surface area contributed by atoms with Gasteiger partial charge in [-0.25, -0.2) is 0 Å².